The van der Waals surface area contributed by atoms with Gasteiger partial charge in [-0.3, -0.25) is 4.55 Å². The summed E-state index contributed by atoms with van der Waals surface area (Å²) in [4.78, 5) is -0.669. The molecule has 0 amide bonds. The van der Waals surface area contributed by atoms with Crippen LogP contribution in [-0.2, 0) is 10.1 Å². The first-order chi connectivity index (χ1) is 8.68. The predicted octanol–water partition coefficient (Wildman–Crippen LogP) is 3.42. The second-order valence-electron chi connectivity index (χ2n) is 5.97. The molecule has 0 bridgehead atoms. The van der Waals surface area contributed by atoms with E-state index < -0.39 is 15.1 Å². The highest BCUT2D eigenvalue weighted by molar-refractivity contribution is 7.92. The summed E-state index contributed by atoms with van der Waals surface area (Å²) in [6, 6.07) is 9.48. The Balaban J connectivity index is 2.64. The molecule has 0 aliphatic carbocycles. The first-order valence-corrected chi connectivity index (χ1v) is 9.04. The summed E-state index contributed by atoms with van der Waals surface area (Å²) in [5.41, 5.74) is 0.194. The van der Waals surface area contributed by atoms with E-state index in [9.17, 15) is 13.0 Å². The second kappa shape index (κ2) is 6.83. The molecule has 1 N–H and O–H groups in total. The second-order valence-corrected chi connectivity index (χ2v) is 9.55. The van der Waals surface area contributed by atoms with E-state index in [1.54, 1.807) is 0 Å². The highest BCUT2D eigenvalue weighted by atomic mass is 32.2. The molecule has 2 unspecified atom stereocenters. The van der Waals surface area contributed by atoms with Gasteiger partial charge in [-0.1, -0.05) is 66.1 Å². The maximum atomic E-state index is 11.5. The van der Waals surface area contributed by atoms with Crippen LogP contribution in [-0.4, -0.2) is 18.0 Å². The van der Waals surface area contributed by atoms with Gasteiger partial charge in [0.05, 0.1) is 0 Å². The average molecular weight is 302 g/mol. The lowest BCUT2D eigenvalue weighted by atomic mass is 9.90. The third-order valence-corrected chi connectivity index (χ3v) is 6.33. The van der Waals surface area contributed by atoms with Gasteiger partial charge in [-0.05, 0) is 23.6 Å². The van der Waals surface area contributed by atoms with Gasteiger partial charge >= 0.3 is 0 Å². The lowest BCUT2D eigenvalue weighted by Gasteiger charge is -2.20. The normalized spacial score (nSPS) is 14.9. The third-order valence-electron chi connectivity index (χ3n) is 2.85. The fraction of sp³-hybridized carbons (Fsp3) is 0.571. The molecule has 0 aliphatic rings. The van der Waals surface area contributed by atoms with E-state index in [4.69, 9.17) is 0 Å². The van der Waals surface area contributed by atoms with Crippen molar-refractivity contribution in [3.63, 3.8) is 0 Å². The standard InChI is InChI=1S/C14H23O3PS/c1-14(2,3)11-7-10-13(19(15,16)17)18-12-8-5-4-6-9-12/h4-6,8-9,13,18H,7,10-11H2,1-3H3,(H,15,16,17). The first-order valence-electron chi connectivity index (χ1n) is 6.46. The van der Waals surface area contributed by atoms with Gasteiger partial charge in [-0.25, -0.2) is 0 Å². The molecule has 5 heteroatoms. The van der Waals surface area contributed by atoms with E-state index in [-0.39, 0.29) is 14.0 Å². The Morgan fingerprint density at radius 2 is 1.79 bits per heavy atom. The minimum atomic E-state index is -3.97. The van der Waals surface area contributed by atoms with Crippen LogP contribution in [0.25, 0.3) is 0 Å². The van der Waals surface area contributed by atoms with Crippen molar-refractivity contribution in [1.29, 1.82) is 0 Å². The lowest BCUT2D eigenvalue weighted by molar-refractivity contribution is 0.361. The zero-order chi connectivity index (χ0) is 14.5. The van der Waals surface area contributed by atoms with Crippen LogP contribution in [0.1, 0.15) is 40.0 Å². The first kappa shape index (κ1) is 16.6. The molecule has 1 aromatic carbocycles. The van der Waals surface area contributed by atoms with E-state index in [1.807, 2.05) is 30.3 Å². The monoisotopic (exact) mass is 302 g/mol. The largest absolute Gasteiger partial charge is 0.285 e. The van der Waals surface area contributed by atoms with Crippen molar-refractivity contribution in [2.75, 3.05) is 0 Å². The zero-order valence-corrected chi connectivity index (χ0v) is 13.6. The average Bonchev–Trinajstić information content (AvgIpc) is 2.26. The van der Waals surface area contributed by atoms with Crippen molar-refractivity contribution in [3.8, 4) is 0 Å². The molecule has 108 valence electrons. The molecule has 1 aromatic rings. The summed E-state index contributed by atoms with van der Waals surface area (Å²) in [6.07, 6.45) is 2.29. The topological polar surface area (TPSA) is 54.4 Å². The summed E-state index contributed by atoms with van der Waals surface area (Å²) in [7, 11) is -3.87. The summed E-state index contributed by atoms with van der Waals surface area (Å²) < 4.78 is 32.3. The summed E-state index contributed by atoms with van der Waals surface area (Å²) >= 11 is 0. The van der Waals surface area contributed by atoms with Crippen LogP contribution in [0.3, 0.4) is 0 Å². The molecule has 0 saturated heterocycles. The molecule has 0 spiro atoms. The Morgan fingerprint density at radius 3 is 2.26 bits per heavy atom. The summed E-state index contributed by atoms with van der Waals surface area (Å²) in [6.45, 7) is 6.40. The van der Waals surface area contributed by atoms with Crippen LogP contribution < -0.4 is 5.30 Å². The molecule has 0 aliphatic heterocycles. The van der Waals surface area contributed by atoms with Gasteiger partial charge in [0.2, 0.25) is 0 Å². The Bertz CT molecular complexity index is 477. The van der Waals surface area contributed by atoms with E-state index in [0.717, 1.165) is 18.1 Å². The number of hydrogen-bond donors (Lipinski definition) is 1. The molecule has 1 rings (SSSR count). The number of hydrogen-bond acceptors (Lipinski definition) is 2. The van der Waals surface area contributed by atoms with Gasteiger partial charge in [0, 0.05) is 0 Å². The molecule has 0 saturated carbocycles. The van der Waals surface area contributed by atoms with E-state index in [2.05, 4.69) is 20.8 Å². The molecule has 0 radical (unpaired) electrons. The van der Waals surface area contributed by atoms with Crippen molar-refractivity contribution in [1.82, 2.24) is 0 Å². The molecular weight excluding hydrogens is 279 g/mol. The van der Waals surface area contributed by atoms with Gasteiger partial charge < -0.3 is 0 Å². The smallest absolute Gasteiger partial charge is 0.271 e. The Kier molecular flexibility index (Phi) is 5.97. The van der Waals surface area contributed by atoms with Gasteiger partial charge in [0.25, 0.3) is 10.1 Å². The molecule has 0 aromatic heterocycles. The lowest BCUT2D eigenvalue weighted by Crippen LogP contribution is -2.19. The Morgan fingerprint density at radius 1 is 1.21 bits per heavy atom. The van der Waals surface area contributed by atoms with Gasteiger partial charge in [-0.15, -0.1) is 0 Å². The number of rotatable bonds is 6. The highest BCUT2D eigenvalue weighted by Gasteiger charge is 2.23. The third kappa shape index (κ3) is 7.05. The molecule has 0 fully saturated rings. The van der Waals surface area contributed by atoms with Crippen LogP contribution in [0.2, 0.25) is 0 Å². The minimum Gasteiger partial charge on any atom is -0.285 e. The molecule has 0 heterocycles. The van der Waals surface area contributed by atoms with Crippen LogP contribution in [0.5, 0.6) is 0 Å². The quantitative estimate of drug-likeness (QED) is 0.647. The molecule has 19 heavy (non-hydrogen) atoms. The van der Waals surface area contributed by atoms with E-state index >= 15 is 0 Å². The maximum Gasteiger partial charge on any atom is 0.271 e. The van der Waals surface area contributed by atoms with Crippen LogP contribution in [0.15, 0.2) is 30.3 Å². The molecule has 3 nitrogen and oxygen atoms in total. The maximum absolute atomic E-state index is 11.5. The fourth-order valence-electron chi connectivity index (χ4n) is 1.83. The molecular formula is C14H23O3PS. The van der Waals surface area contributed by atoms with Crippen LogP contribution in [0.4, 0.5) is 0 Å². The number of benzene rings is 1. The zero-order valence-electron chi connectivity index (χ0n) is 11.8. The van der Waals surface area contributed by atoms with Crippen LogP contribution in [0, 0.1) is 5.41 Å². The highest BCUT2D eigenvalue weighted by Crippen LogP contribution is 2.30. The van der Waals surface area contributed by atoms with Crippen molar-refractivity contribution >= 4 is 24.0 Å². The predicted molar refractivity (Wildman–Crippen MR) is 83.0 cm³/mol. The van der Waals surface area contributed by atoms with E-state index in [1.165, 1.54) is 0 Å². The van der Waals surface area contributed by atoms with Gasteiger partial charge in [0.1, 0.15) is 4.99 Å². The van der Waals surface area contributed by atoms with Gasteiger partial charge in [0.15, 0.2) is 0 Å². The summed E-state index contributed by atoms with van der Waals surface area (Å²) in [5, 5.41) is 0.973. The SMILES string of the molecule is CC(C)(C)CCCC(Pc1ccccc1)S(=O)(=O)O. The van der Waals surface area contributed by atoms with Gasteiger partial charge in [-0.2, -0.15) is 8.42 Å². The van der Waals surface area contributed by atoms with Crippen molar-refractivity contribution < 1.29 is 13.0 Å². The van der Waals surface area contributed by atoms with Crippen LogP contribution >= 0.6 is 8.58 Å². The van der Waals surface area contributed by atoms with E-state index in [0.29, 0.717) is 6.42 Å². The van der Waals surface area contributed by atoms with Crippen molar-refractivity contribution in [2.24, 2.45) is 5.41 Å². The fourth-order valence-corrected chi connectivity index (χ4v) is 4.41. The van der Waals surface area contributed by atoms with Crippen molar-refractivity contribution in [3.05, 3.63) is 30.3 Å². The van der Waals surface area contributed by atoms with Crippen molar-refractivity contribution in [2.45, 2.75) is 45.0 Å². The Hall–Kier alpha value is -0.440. The summed E-state index contributed by atoms with van der Waals surface area (Å²) in [5.74, 6) is 0. The Labute approximate surface area is 118 Å². The minimum absolute atomic E-state index is 0.102. The molecule has 2 atom stereocenters.